The lowest BCUT2D eigenvalue weighted by molar-refractivity contribution is -0.361. The normalized spacial score (nSPS) is 27.3. The number of ether oxygens (including phenoxy) is 11. The molecule has 2 rings (SSSR count). The Morgan fingerprint density at radius 2 is 0.768 bits per heavy atom. The SMILES string of the molecule is CCCCCCCCCCCCOC1OC(COC(C)=O)[C@@H](OC2OC(COC(C)=O)[C@H](OC(C)=O)C(OC(C)=O)[C@@H]2OC(C)=O)C(OC(C)=O)[C@@H]1OC(C)=O. The summed E-state index contributed by atoms with van der Waals surface area (Å²) in [5.74, 6) is -5.65. The Morgan fingerprint density at radius 3 is 1.21 bits per heavy atom. The van der Waals surface area contributed by atoms with E-state index in [-0.39, 0.29) is 6.61 Å². The molecule has 0 aromatic carbocycles. The van der Waals surface area contributed by atoms with Gasteiger partial charge in [0.05, 0.1) is 0 Å². The standard InChI is InChI=1S/C38H60O18/c1-9-10-11-12-13-14-15-16-17-18-19-46-37-35(52-27(7)44)34(51-26(6)43)32(30(54-37)21-48-23(3)40)56-38-36(53-28(8)45)33(50-25(5)42)31(49-24(4)41)29(55-38)20-47-22(2)39/h29-38H,9-21H2,1-8H3/t29?,30?,31-,32+,33?,34?,35-,36-,37?,38?/m0/s1. The van der Waals surface area contributed by atoms with Crippen LogP contribution in [0.5, 0.6) is 0 Å². The molecule has 0 bridgehead atoms. The molecular formula is C38H60O18. The lowest BCUT2D eigenvalue weighted by Crippen LogP contribution is -2.67. The molecular weight excluding hydrogens is 744 g/mol. The molecule has 0 radical (unpaired) electrons. The number of rotatable bonds is 23. The zero-order valence-electron chi connectivity index (χ0n) is 33.8. The third-order valence-corrected chi connectivity index (χ3v) is 8.67. The van der Waals surface area contributed by atoms with Gasteiger partial charge in [-0.05, 0) is 6.42 Å². The van der Waals surface area contributed by atoms with Gasteiger partial charge in [0, 0.05) is 55.1 Å². The van der Waals surface area contributed by atoms with E-state index in [1.54, 1.807) is 0 Å². The monoisotopic (exact) mass is 804 g/mol. The van der Waals surface area contributed by atoms with Crippen molar-refractivity contribution in [1.29, 1.82) is 0 Å². The van der Waals surface area contributed by atoms with Crippen molar-refractivity contribution < 1.29 is 85.7 Å². The van der Waals surface area contributed by atoms with Gasteiger partial charge in [-0.25, -0.2) is 0 Å². The summed E-state index contributed by atoms with van der Waals surface area (Å²) < 4.78 is 62.9. The van der Waals surface area contributed by atoms with Crippen molar-refractivity contribution >= 4 is 41.8 Å². The maximum atomic E-state index is 12.6. The van der Waals surface area contributed by atoms with Crippen LogP contribution in [0.4, 0.5) is 0 Å². The van der Waals surface area contributed by atoms with Gasteiger partial charge in [-0.3, -0.25) is 33.6 Å². The first-order valence-electron chi connectivity index (χ1n) is 19.2. The Kier molecular flexibility index (Phi) is 21.9. The second kappa shape index (κ2) is 25.4. The van der Waals surface area contributed by atoms with Gasteiger partial charge >= 0.3 is 41.8 Å². The lowest BCUT2D eigenvalue weighted by Gasteiger charge is -2.48. The summed E-state index contributed by atoms with van der Waals surface area (Å²) in [4.78, 5) is 85.9. The third kappa shape index (κ3) is 17.5. The summed E-state index contributed by atoms with van der Waals surface area (Å²) >= 11 is 0. The Hall–Kier alpha value is -3.87. The molecule has 2 fully saturated rings. The average molecular weight is 805 g/mol. The van der Waals surface area contributed by atoms with Crippen LogP contribution in [-0.2, 0) is 85.7 Å². The van der Waals surface area contributed by atoms with Crippen LogP contribution in [0.25, 0.3) is 0 Å². The summed E-state index contributed by atoms with van der Waals surface area (Å²) in [6.07, 6.45) is -4.18. The fourth-order valence-electron chi connectivity index (χ4n) is 6.40. The fraction of sp³-hybridized carbons (Fsp3) is 0.816. The smallest absolute Gasteiger partial charge is 0.303 e. The zero-order valence-corrected chi connectivity index (χ0v) is 33.8. The molecule has 0 aromatic rings. The molecule has 0 N–H and O–H groups in total. The molecule has 2 aliphatic rings. The Labute approximate surface area is 328 Å². The Balaban J connectivity index is 2.48. The molecule has 2 heterocycles. The molecule has 320 valence electrons. The van der Waals surface area contributed by atoms with Crippen molar-refractivity contribution in [3.8, 4) is 0 Å². The van der Waals surface area contributed by atoms with Crippen molar-refractivity contribution in [2.24, 2.45) is 0 Å². The minimum atomic E-state index is -1.76. The molecule has 56 heavy (non-hydrogen) atoms. The highest BCUT2D eigenvalue weighted by atomic mass is 16.8. The minimum Gasteiger partial charge on any atom is -0.463 e. The van der Waals surface area contributed by atoms with Crippen molar-refractivity contribution in [1.82, 2.24) is 0 Å². The summed E-state index contributed by atoms with van der Waals surface area (Å²) in [6, 6.07) is 0. The fourth-order valence-corrected chi connectivity index (χ4v) is 6.40. The van der Waals surface area contributed by atoms with Gasteiger partial charge in [0.25, 0.3) is 0 Å². The van der Waals surface area contributed by atoms with Crippen LogP contribution < -0.4 is 0 Å². The van der Waals surface area contributed by atoms with E-state index in [4.69, 9.17) is 52.1 Å². The third-order valence-electron chi connectivity index (χ3n) is 8.67. The quantitative estimate of drug-likeness (QED) is 0.0819. The van der Waals surface area contributed by atoms with Gasteiger partial charge in [0.15, 0.2) is 43.1 Å². The van der Waals surface area contributed by atoms with Crippen LogP contribution in [0.15, 0.2) is 0 Å². The molecule has 2 aliphatic heterocycles. The van der Waals surface area contributed by atoms with E-state index in [9.17, 15) is 33.6 Å². The summed E-state index contributed by atoms with van der Waals surface area (Å²) in [5.41, 5.74) is 0. The minimum absolute atomic E-state index is 0.178. The van der Waals surface area contributed by atoms with Gasteiger partial charge in [0.1, 0.15) is 31.5 Å². The van der Waals surface area contributed by atoms with Gasteiger partial charge < -0.3 is 52.1 Å². The van der Waals surface area contributed by atoms with Gasteiger partial charge in [0.2, 0.25) is 0 Å². The van der Waals surface area contributed by atoms with Crippen molar-refractivity contribution in [2.75, 3.05) is 19.8 Å². The van der Waals surface area contributed by atoms with E-state index in [2.05, 4.69) is 6.92 Å². The molecule has 0 aromatic heterocycles. The molecule has 18 nitrogen and oxygen atoms in total. The first kappa shape index (κ1) is 48.3. The van der Waals surface area contributed by atoms with Crippen LogP contribution in [0.1, 0.15) is 120 Å². The van der Waals surface area contributed by atoms with Crippen LogP contribution in [0, 0.1) is 0 Å². The molecule has 0 saturated carbocycles. The summed E-state index contributed by atoms with van der Waals surface area (Å²) in [7, 11) is 0. The van der Waals surface area contributed by atoms with Crippen LogP contribution in [0.2, 0.25) is 0 Å². The van der Waals surface area contributed by atoms with E-state index >= 15 is 0 Å². The maximum Gasteiger partial charge on any atom is 0.303 e. The number of hydrogen-bond acceptors (Lipinski definition) is 18. The molecule has 18 heteroatoms. The molecule has 0 amide bonds. The van der Waals surface area contributed by atoms with Crippen molar-refractivity contribution in [2.45, 2.75) is 181 Å². The second-order valence-electron chi connectivity index (χ2n) is 13.7. The Morgan fingerprint density at radius 1 is 0.411 bits per heavy atom. The maximum absolute atomic E-state index is 12.6. The highest BCUT2D eigenvalue weighted by molar-refractivity contribution is 5.69. The summed E-state index contributed by atoms with van der Waals surface area (Å²) in [5, 5.41) is 0. The number of esters is 7. The van der Waals surface area contributed by atoms with E-state index in [0.29, 0.717) is 6.42 Å². The average Bonchev–Trinajstić information content (AvgIpc) is 3.09. The number of unbranched alkanes of at least 4 members (excludes halogenated alkanes) is 9. The van der Waals surface area contributed by atoms with Crippen molar-refractivity contribution in [3.63, 3.8) is 0 Å². The lowest BCUT2D eigenvalue weighted by atomic mass is 9.96. The highest BCUT2D eigenvalue weighted by Crippen LogP contribution is 2.35. The van der Waals surface area contributed by atoms with Gasteiger partial charge in [-0.1, -0.05) is 64.7 Å². The number of carbonyl (C=O) groups excluding carboxylic acids is 7. The van der Waals surface area contributed by atoms with Crippen molar-refractivity contribution in [3.05, 3.63) is 0 Å². The van der Waals surface area contributed by atoms with E-state index in [0.717, 1.165) is 74.1 Å². The predicted molar refractivity (Wildman–Crippen MR) is 191 cm³/mol. The van der Waals surface area contributed by atoms with E-state index in [1.165, 1.54) is 32.1 Å². The van der Waals surface area contributed by atoms with Gasteiger partial charge in [-0.15, -0.1) is 0 Å². The first-order valence-corrected chi connectivity index (χ1v) is 19.2. The molecule has 2 saturated heterocycles. The van der Waals surface area contributed by atoms with Crippen LogP contribution >= 0.6 is 0 Å². The zero-order chi connectivity index (χ0) is 41.8. The number of hydrogen-bond donors (Lipinski definition) is 0. The predicted octanol–water partition coefficient (Wildman–Crippen LogP) is 3.54. The van der Waals surface area contributed by atoms with E-state index in [1.807, 2.05) is 0 Å². The van der Waals surface area contributed by atoms with E-state index < -0.39 is 116 Å². The molecule has 6 unspecified atom stereocenters. The highest BCUT2D eigenvalue weighted by Gasteiger charge is 2.57. The van der Waals surface area contributed by atoms with Crippen LogP contribution in [0.3, 0.4) is 0 Å². The Bertz CT molecular complexity index is 1290. The largest absolute Gasteiger partial charge is 0.463 e. The first-order chi connectivity index (χ1) is 26.5. The molecule has 0 aliphatic carbocycles. The summed E-state index contributed by atoms with van der Waals surface area (Å²) in [6.45, 7) is 9.01. The number of carbonyl (C=O) groups is 7. The van der Waals surface area contributed by atoms with Crippen LogP contribution in [-0.4, -0.2) is 123 Å². The van der Waals surface area contributed by atoms with Gasteiger partial charge in [-0.2, -0.15) is 0 Å². The molecule has 10 atom stereocenters. The molecule has 0 spiro atoms. The second-order valence-corrected chi connectivity index (χ2v) is 13.7. The topological polar surface area (TPSA) is 221 Å².